The lowest BCUT2D eigenvalue weighted by molar-refractivity contribution is 0.190. The molecule has 2 aromatic carbocycles. The summed E-state index contributed by atoms with van der Waals surface area (Å²) in [6, 6.07) is 11.5. The third kappa shape index (κ3) is 3.75. The number of aliphatic hydroxyl groups is 1. The molecule has 0 fully saturated rings. The third-order valence-corrected chi connectivity index (χ3v) is 3.86. The van der Waals surface area contributed by atoms with Gasteiger partial charge in [-0.3, -0.25) is 0 Å². The van der Waals surface area contributed by atoms with Gasteiger partial charge in [0.05, 0.1) is 6.10 Å². The molecule has 1 unspecified atom stereocenters. The van der Waals surface area contributed by atoms with E-state index in [1.54, 1.807) is 6.92 Å². The van der Waals surface area contributed by atoms with Crippen molar-refractivity contribution in [3.05, 3.63) is 62.6 Å². The van der Waals surface area contributed by atoms with Crippen molar-refractivity contribution in [3.63, 3.8) is 0 Å². The van der Waals surface area contributed by atoms with Crippen LogP contribution < -0.4 is 4.74 Å². The molecule has 0 bridgehead atoms. The Morgan fingerprint density at radius 3 is 2.65 bits per heavy atom. The van der Waals surface area contributed by atoms with Crippen LogP contribution in [0.2, 0.25) is 5.02 Å². The molecule has 0 aliphatic rings. The van der Waals surface area contributed by atoms with Crippen molar-refractivity contribution < 1.29 is 9.84 Å². The molecule has 20 heavy (non-hydrogen) atoms. The number of aryl methyl sites for hydroxylation is 1. The predicted octanol–water partition coefficient (Wildman–Crippen LogP) is 5.04. The zero-order valence-corrected chi connectivity index (χ0v) is 13.7. The van der Waals surface area contributed by atoms with Crippen LogP contribution in [0, 0.1) is 6.92 Å². The maximum atomic E-state index is 9.76. The van der Waals surface area contributed by atoms with Gasteiger partial charge in [0.15, 0.2) is 0 Å². The Hall–Kier alpha value is -1.03. The fourth-order valence-electron chi connectivity index (χ4n) is 1.90. The molecule has 0 heterocycles. The second-order valence-electron chi connectivity index (χ2n) is 4.74. The summed E-state index contributed by atoms with van der Waals surface area (Å²) in [6.45, 7) is 4.08. The zero-order chi connectivity index (χ0) is 14.7. The van der Waals surface area contributed by atoms with E-state index in [0.29, 0.717) is 17.4 Å². The maximum absolute atomic E-state index is 9.76. The molecule has 4 heteroatoms. The number of rotatable bonds is 4. The van der Waals surface area contributed by atoms with Gasteiger partial charge < -0.3 is 9.84 Å². The summed E-state index contributed by atoms with van der Waals surface area (Å²) in [7, 11) is 0. The first kappa shape index (κ1) is 15.4. The molecule has 2 aromatic rings. The first-order chi connectivity index (χ1) is 9.47. The molecule has 0 aliphatic carbocycles. The smallest absolute Gasteiger partial charge is 0.126 e. The topological polar surface area (TPSA) is 29.5 Å². The van der Waals surface area contributed by atoms with Gasteiger partial charge in [-0.2, -0.15) is 0 Å². The van der Waals surface area contributed by atoms with Crippen LogP contribution in [0.5, 0.6) is 5.75 Å². The van der Waals surface area contributed by atoms with E-state index in [9.17, 15) is 5.11 Å². The Bertz CT molecular complexity index is 611. The number of hydrogen-bond donors (Lipinski definition) is 1. The van der Waals surface area contributed by atoms with Gasteiger partial charge in [-0.15, -0.1) is 0 Å². The van der Waals surface area contributed by atoms with E-state index in [1.165, 1.54) is 0 Å². The normalized spacial score (nSPS) is 12.2. The SMILES string of the molecule is Cc1ccc(COc2cc(Br)ccc2C(C)O)c(Cl)c1. The second-order valence-corrected chi connectivity index (χ2v) is 6.06. The van der Waals surface area contributed by atoms with Gasteiger partial charge in [-0.05, 0) is 37.6 Å². The fourth-order valence-corrected chi connectivity index (χ4v) is 2.53. The Morgan fingerprint density at radius 2 is 2.00 bits per heavy atom. The van der Waals surface area contributed by atoms with Crippen molar-refractivity contribution in [1.82, 2.24) is 0 Å². The van der Waals surface area contributed by atoms with Crippen LogP contribution in [0.4, 0.5) is 0 Å². The molecule has 0 radical (unpaired) electrons. The lowest BCUT2D eigenvalue weighted by Crippen LogP contribution is -2.01. The van der Waals surface area contributed by atoms with Crippen molar-refractivity contribution >= 4 is 27.5 Å². The van der Waals surface area contributed by atoms with E-state index < -0.39 is 6.10 Å². The molecule has 0 aliphatic heterocycles. The van der Waals surface area contributed by atoms with Crippen LogP contribution in [0.15, 0.2) is 40.9 Å². The highest BCUT2D eigenvalue weighted by Gasteiger charge is 2.10. The number of ether oxygens (including phenoxy) is 1. The molecule has 0 saturated carbocycles. The first-order valence-electron chi connectivity index (χ1n) is 6.32. The van der Waals surface area contributed by atoms with Crippen molar-refractivity contribution in [1.29, 1.82) is 0 Å². The number of aliphatic hydroxyl groups excluding tert-OH is 1. The molecule has 0 saturated heterocycles. The predicted molar refractivity (Wildman–Crippen MR) is 85.3 cm³/mol. The van der Waals surface area contributed by atoms with Crippen LogP contribution in [-0.4, -0.2) is 5.11 Å². The summed E-state index contributed by atoms with van der Waals surface area (Å²) >= 11 is 9.60. The first-order valence-corrected chi connectivity index (χ1v) is 7.50. The molecule has 106 valence electrons. The van der Waals surface area contributed by atoms with Gasteiger partial charge in [-0.1, -0.05) is 45.7 Å². The molecule has 0 spiro atoms. The molecule has 2 nitrogen and oxygen atoms in total. The highest BCUT2D eigenvalue weighted by atomic mass is 79.9. The van der Waals surface area contributed by atoms with Crippen LogP contribution in [0.1, 0.15) is 29.7 Å². The van der Waals surface area contributed by atoms with Gasteiger partial charge in [0.2, 0.25) is 0 Å². The lowest BCUT2D eigenvalue weighted by Gasteiger charge is -2.14. The summed E-state index contributed by atoms with van der Waals surface area (Å²) < 4.78 is 6.72. The average Bonchev–Trinajstić information content (AvgIpc) is 2.37. The van der Waals surface area contributed by atoms with Gasteiger partial charge >= 0.3 is 0 Å². The summed E-state index contributed by atoms with van der Waals surface area (Å²) in [4.78, 5) is 0. The molecular weight excluding hydrogens is 340 g/mol. The monoisotopic (exact) mass is 354 g/mol. The summed E-state index contributed by atoms with van der Waals surface area (Å²) in [5.74, 6) is 0.658. The van der Waals surface area contributed by atoms with E-state index in [-0.39, 0.29) is 0 Å². The molecule has 2 rings (SSSR count). The van der Waals surface area contributed by atoms with Crippen molar-refractivity contribution in [3.8, 4) is 5.75 Å². The zero-order valence-electron chi connectivity index (χ0n) is 11.4. The van der Waals surface area contributed by atoms with Crippen LogP contribution >= 0.6 is 27.5 Å². The minimum atomic E-state index is -0.577. The van der Waals surface area contributed by atoms with Gasteiger partial charge in [0.25, 0.3) is 0 Å². The van der Waals surface area contributed by atoms with E-state index in [1.807, 2.05) is 43.3 Å². The van der Waals surface area contributed by atoms with Crippen molar-refractivity contribution in [2.75, 3.05) is 0 Å². The largest absolute Gasteiger partial charge is 0.488 e. The average molecular weight is 356 g/mol. The summed E-state index contributed by atoms with van der Waals surface area (Å²) in [5.41, 5.74) is 2.80. The van der Waals surface area contributed by atoms with Crippen molar-refractivity contribution in [2.45, 2.75) is 26.6 Å². The molecule has 0 aromatic heterocycles. The van der Waals surface area contributed by atoms with Crippen LogP contribution in [0.25, 0.3) is 0 Å². The van der Waals surface area contributed by atoms with Crippen LogP contribution in [-0.2, 0) is 6.61 Å². The minimum Gasteiger partial charge on any atom is -0.488 e. The Morgan fingerprint density at radius 1 is 1.25 bits per heavy atom. The second kappa shape index (κ2) is 6.61. The molecule has 1 N–H and O–H groups in total. The Labute approximate surface area is 132 Å². The third-order valence-electron chi connectivity index (χ3n) is 3.02. The van der Waals surface area contributed by atoms with E-state index in [4.69, 9.17) is 16.3 Å². The van der Waals surface area contributed by atoms with Gasteiger partial charge in [-0.25, -0.2) is 0 Å². The highest BCUT2D eigenvalue weighted by molar-refractivity contribution is 9.10. The Kier molecular flexibility index (Phi) is 5.08. The summed E-state index contributed by atoms with van der Waals surface area (Å²) in [6.07, 6.45) is -0.577. The molecule has 1 atom stereocenters. The quantitative estimate of drug-likeness (QED) is 0.832. The van der Waals surface area contributed by atoms with Crippen LogP contribution in [0.3, 0.4) is 0 Å². The van der Waals surface area contributed by atoms with E-state index in [0.717, 1.165) is 21.2 Å². The van der Waals surface area contributed by atoms with Gasteiger partial charge in [0.1, 0.15) is 12.4 Å². The number of halogens is 2. The van der Waals surface area contributed by atoms with Gasteiger partial charge in [0, 0.05) is 20.6 Å². The minimum absolute atomic E-state index is 0.370. The molecular formula is C16H16BrClO2. The number of hydrogen-bond acceptors (Lipinski definition) is 2. The molecule has 0 amide bonds. The van der Waals surface area contributed by atoms with E-state index >= 15 is 0 Å². The standard InChI is InChI=1S/C16H16BrClO2/c1-10-3-4-12(15(18)7-10)9-20-16-8-13(17)5-6-14(16)11(2)19/h3-8,11,19H,9H2,1-2H3. The van der Waals surface area contributed by atoms with Crippen molar-refractivity contribution in [2.24, 2.45) is 0 Å². The Balaban J connectivity index is 2.20. The summed E-state index contributed by atoms with van der Waals surface area (Å²) in [5, 5.41) is 10.5. The highest BCUT2D eigenvalue weighted by Crippen LogP contribution is 2.30. The maximum Gasteiger partial charge on any atom is 0.126 e. The lowest BCUT2D eigenvalue weighted by atomic mass is 10.1. The fraction of sp³-hybridized carbons (Fsp3) is 0.250. The van der Waals surface area contributed by atoms with E-state index in [2.05, 4.69) is 15.9 Å². The number of benzene rings is 2.